The van der Waals surface area contributed by atoms with E-state index in [1.165, 1.54) is 5.56 Å². The van der Waals surface area contributed by atoms with E-state index in [0.29, 0.717) is 18.9 Å². The number of carbonyl (C=O) groups excluding carboxylic acids is 2. The van der Waals surface area contributed by atoms with Crippen LogP contribution in [0.25, 0.3) is 0 Å². The highest BCUT2D eigenvalue weighted by atomic mass is 16.5. The summed E-state index contributed by atoms with van der Waals surface area (Å²) in [5.41, 5.74) is 3.23. The highest BCUT2D eigenvalue weighted by molar-refractivity contribution is 5.90. The van der Waals surface area contributed by atoms with Crippen molar-refractivity contribution in [1.82, 2.24) is 15.3 Å². The van der Waals surface area contributed by atoms with Crippen LogP contribution in [0, 0.1) is 11.3 Å². The van der Waals surface area contributed by atoms with Crippen LogP contribution in [-0.4, -0.2) is 59.5 Å². The van der Waals surface area contributed by atoms with Crippen LogP contribution in [0.3, 0.4) is 0 Å². The Morgan fingerprint density at radius 1 is 1.23 bits per heavy atom. The predicted octanol–water partition coefficient (Wildman–Crippen LogP) is 1.61. The van der Waals surface area contributed by atoms with Crippen molar-refractivity contribution in [3.8, 4) is 0 Å². The minimum Gasteiger partial charge on any atom is -0.341 e. The molecule has 1 saturated carbocycles. The minimum absolute atomic E-state index is 0.0232. The van der Waals surface area contributed by atoms with Crippen LogP contribution in [0.5, 0.6) is 0 Å². The number of likely N-dealkylation sites (N-methyl/N-ethyl adjacent to an activating group) is 1. The van der Waals surface area contributed by atoms with Crippen molar-refractivity contribution in [1.29, 1.82) is 0 Å². The maximum atomic E-state index is 13.3. The van der Waals surface area contributed by atoms with Crippen molar-refractivity contribution in [3.63, 3.8) is 0 Å². The summed E-state index contributed by atoms with van der Waals surface area (Å²) in [6.45, 7) is 2.28. The average molecular weight is 357 g/mol. The molecule has 0 radical (unpaired) electrons. The zero-order valence-electron chi connectivity index (χ0n) is 15.2. The predicted molar refractivity (Wildman–Crippen MR) is 96.5 cm³/mol. The molecule has 0 aromatic heterocycles. The van der Waals surface area contributed by atoms with Crippen molar-refractivity contribution in [2.24, 2.45) is 11.3 Å². The molecular weight excluding hydrogens is 330 g/mol. The molecule has 2 heterocycles. The molecule has 2 aliphatic heterocycles. The molecule has 3 aliphatic rings. The Morgan fingerprint density at radius 2 is 1.96 bits per heavy atom. The van der Waals surface area contributed by atoms with E-state index in [4.69, 9.17) is 0 Å². The number of benzene rings is 1. The summed E-state index contributed by atoms with van der Waals surface area (Å²) in [5, 5.41) is 9.18. The van der Waals surface area contributed by atoms with Gasteiger partial charge in [-0.05, 0) is 43.7 Å². The Kier molecular flexibility index (Phi) is 4.49. The number of likely N-dealkylation sites (tertiary alicyclic amines) is 2. The zero-order chi connectivity index (χ0) is 18.3. The van der Waals surface area contributed by atoms with E-state index < -0.39 is 17.9 Å². The lowest BCUT2D eigenvalue weighted by Crippen LogP contribution is -2.59. The van der Waals surface area contributed by atoms with Gasteiger partial charge in [0.25, 0.3) is 0 Å². The summed E-state index contributed by atoms with van der Waals surface area (Å²) in [6.07, 6.45) is 3.85. The number of nitrogens with one attached hydrogen (secondary N) is 1. The van der Waals surface area contributed by atoms with Crippen molar-refractivity contribution in [2.45, 2.75) is 37.6 Å². The number of hydroxylamine groups is 1. The van der Waals surface area contributed by atoms with Crippen LogP contribution in [-0.2, 0) is 9.59 Å². The van der Waals surface area contributed by atoms with Crippen molar-refractivity contribution < 1.29 is 14.8 Å². The molecular formula is C20H27N3O3. The van der Waals surface area contributed by atoms with E-state index in [1.54, 1.807) is 5.48 Å². The molecule has 2 N–H and O–H groups in total. The lowest BCUT2D eigenvalue weighted by Gasteiger charge is -2.42. The quantitative estimate of drug-likeness (QED) is 0.637. The van der Waals surface area contributed by atoms with E-state index in [-0.39, 0.29) is 11.3 Å². The fourth-order valence-corrected chi connectivity index (χ4v) is 4.94. The molecule has 1 aliphatic carbocycles. The molecule has 4 rings (SSSR count). The maximum Gasteiger partial charge on any atom is 0.248 e. The monoisotopic (exact) mass is 357 g/mol. The Balaban J connectivity index is 1.50. The van der Waals surface area contributed by atoms with Gasteiger partial charge in [-0.3, -0.25) is 19.7 Å². The second-order valence-corrected chi connectivity index (χ2v) is 8.33. The van der Waals surface area contributed by atoms with Gasteiger partial charge in [0.1, 0.15) is 6.04 Å². The average Bonchev–Trinajstić information content (AvgIpc) is 3.21. The first-order valence-electron chi connectivity index (χ1n) is 9.51. The third-order valence-electron chi connectivity index (χ3n) is 6.52. The van der Waals surface area contributed by atoms with E-state index in [2.05, 4.69) is 12.1 Å². The van der Waals surface area contributed by atoms with Crippen molar-refractivity contribution >= 4 is 11.8 Å². The molecule has 26 heavy (non-hydrogen) atoms. The van der Waals surface area contributed by atoms with E-state index >= 15 is 0 Å². The minimum atomic E-state index is -0.483. The van der Waals surface area contributed by atoms with Crippen molar-refractivity contribution in [3.05, 3.63) is 35.9 Å². The molecule has 6 nitrogen and oxygen atoms in total. The summed E-state index contributed by atoms with van der Waals surface area (Å²) in [6, 6.07) is 9.82. The fraction of sp³-hybridized carbons (Fsp3) is 0.600. The lowest BCUT2D eigenvalue weighted by molar-refractivity contribution is -0.150. The summed E-state index contributed by atoms with van der Waals surface area (Å²) >= 11 is 0. The van der Waals surface area contributed by atoms with Crippen LogP contribution in [0.1, 0.15) is 37.2 Å². The standard InChI is InChI=1S/C20H27N3O3/c1-22-13-20(8-9-20)11-16(18(24)21-26)17(22)19(25)23-10-7-15(12-23)14-5-3-2-4-6-14/h2-6,15-17,26H,7-13H2,1H3,(H,21,24)/t15-,16-,17-/m0/s1. The maximum absolute atomic E-state index is 13.3. The third kappa shape index (κ3) is 3.12. The Hall–Kier alpha value is -1.92. The molecule has 0 unspecified atom stereocenters. The molecule has 140 valence electrons. The fourth-order valence-electron chi connectivity index (χ4n) is 4.94. The van der Waals surface area contributed by atoms with Gasteiger partial charge >= 0.3 is 0 Å². The van der Waals surface area contributed by atoms with Gasteiger partial charge in [0.05, 0.1) is 5.92 Å². The highest BCUT2D eigenvalue weighted by Gasteiger charge is 2.55. The number of hydrogen-bond donors (Lipinski definition) is 2. The van der Waals surface area contributed by atoms with Gasteiger partial charge in [-0.1, -0.05) is 30.3 Å². The Morgan fingerprint density at radius 3 is 2.62 bits per heavy atom. The topological polar surface area (TPSA) is 72.9 Å². The molecule has 3 fully saturated rings. The molecule has 3 atom stereocenters. The van der Waals surface area contributed by atoms with Gasteiger partial charge in [-0.15, -0.1) is 0 Å². The van der Waals surface area contributed by atoms with Gasteiger partial charge in [-0.25, -0.2) is 5.48 Å². The molecule has 1 aromatic carbocycles. The molecule has 2 saturated heterocycles. The zero-order valence-corrected chi connectivity index (χ0v) is 15.2. The van der Waals surface area contributed by atoms with E-state index in [1.807, 2.05) is 35.0 Å². The van der Waals surface area contributed by atoms with Crippen LogP contribution >= 0.6 is 0 Å². The molecule has 1 spiro atoms. The number of piperidine rings is 1. The Labute approximate surface area is 154 Å². The van der Waals surface area contributed by atoms with Crippen LogP contribution < -0.4 is 5.48 Å². The second-order valence-electron chi connectivity index (χ2n) is 8.33. The smallest absolute Gasteiger partial charge is 0.248 e. The molecule has 2 amide bonds. The summed E-state index contributed by atoms with van der Waals surface area (Å²) in [7, 11) is 1.93. The molecule has 6 heteroatoms. The number of nitrogens with zero attached hydrogens (tertiary/aromatic N) is 2. The van der Waals surface area contributed by atoms with Gasteiger partial charge < -0.3 is 4.90 Å². The normalized spacial score (nSPS) is 30.4. The summed E-state index contributed by atoms with van der Waals surface area (Å²) in [5.74, 6) is -0.534. The SMILES string of the molecule is CN1CC2(CC2)C[C@H](C(=O)NO)[C@H]1C(=O)N1CC[C@H](c2ccccc2)C1. The number of rotatable bonds is 3. The van der Waals surface area contributed by atoms with Gasteiger partial charge in [0, 0.05) is 25.6 Å². The van der Waals surface area contributed by atoms with Gasteiger partial charge in [0.2, 0.25) is 11.8 Å². The van der Waals surface area contributed by atoms with E-state index in [0.717, 1.165) is 32.4 Å². The first-order chi connectivity index (χ1) is 12.5. The largest absolute Gasteiger partial charge is 0.341 e. The summed E-state index contributed by atoms with van der Waals surface area (Å²) < 4.78 is 0. The number of hydrogen-bond acceptors (Lipinski definition) is 4. The number of amides is 2. The number of carbonyl (C=O) groups is 2. The van der Waals surface area contributed by atoms with E-state index in [9.17, 15) is 14.8 Å². The summed E-state index contributed by atoms with van der Waals surface area (Å²) in [4.78, 5) is 29.5. The highest BCUT2D eigenvalue weighted by Crippen LogP contribution is 2.54. The van der Waals surface area contributed by atoms with Crippen LogP contribution in [0.2, 0.25) is 0 Å². The first-order valence-corrected chi connectivity index (χ1v) is 9.51. The lowest BCUT2D eigenvalue weighted by atomic mass is 9.80. The van der Waals surface area contributed by atoms with Crippen LogP contribution in [0.15, 0.2) is 30.3 Å². The molecule has 0 bridgehead atoms. The second kappa shape index (κ2) is 6.67. The first kappa shape index (κ1) is 17.5. The van der Waals surface area contributed by atoms with Crippen LogP contribution in [0.4, 0.5) is 0 Å². The van der Waals surface area contributed by atoms with Gasteiger partial charge in [-0.2, -0.15) is 0 Å². The molecule has 1 aromatic rings. The van der Waals surface area contributed by atoms with Crippen molar-refractivity contribution in [2.75, 3.05) is 26.7 Å². The third-order valence-corrected chi connectivity index (χ3v) is 6.52. The van der Waals surface area contributed by atoms with Gasteiger partial charge in [0.15, 0.2) is 0 Å². The Bertz CT molecular complexity index is 689.